The van der Waals surface area contributed by atoms with E-state index < -0.39 is 6.10 Å². The quantitative estimate of drug-likeness (QED) is 0.910. The number of ether oxygens (including phenoxy) is 2. The van der Waals surface area contributed by atoms with Crippen LogP contribution in [-0.4, -0.2) is 29.0 Å². The third-order valence-electron chi connectivity index (χ3n) is 4.91. The predicted molar refractivity (Wildman–Crippen MR) is 89.5 cm³/mol. The van der Waals surface area contributed by atoms with E-state index in [1.165, 1.54) is 11.1 Å². The minimum atomic E-state index is -0.435. The van der Waals surface area contributed by atoms with Crippen molar-refractivity contribution in [3.05, 3.63) is 70.8 Å². The second-order valence-corrected chi connectivity index (χ2v) is 6.61. The molecule has 4 unspecified atom stereocenters. The SMILES string of the molecule is OCC1CC(O)CC(c2ccc3c(c2)C(c2ccccc2)OC3)O1. The van der Waals surface area contributed by atoms with Gasteiger partial charge in [-0.25, -0.2) is 0 Å². The zero-order valence-electron chi connectivity index (χ0n) is 13.5. The van der Waals surface area contributed by atoms with Crippen molar-refractivity contribution in [1.29, 1.82) is 0 Å². The first kappa shape index (κ1) is 15.8. The van der Waals surface area contributed by atoms with E-state index in [9.17, 15) is 10.2 Å². The van der Waals surface area contributed by atoms with Crippen LogP contribution in [0.5, 0.6) is 0 Å². The van der Waals surface area contributed by atoms with Gasteiger partial charge in [0.15, 0.2) is 0 Å². The summed E-state index contributed by atoms with van der Waals surface area (Å²) in [5.41, 5.74) is 4.55. The molecule has 2 aromatic carbocycles. The number of aliphatic hydroxyl groups is 2. The molecule has 24 heavy (non-hydrogen) atoms. The maximum absolute atomic E-state index is 10.1. The van der Waals surface area contributed by atoms with Crippen molar-refractivity contribution in [2.75, 3.05) is 6.61 Å². The molecule has 0 spiro atoms. The molecule has 0 radical (unpaired) electrons. The number of hydrogen-bond acceptors (Lipinski definition) is 4. The molecule has 2 aromatic rings. The van der Waals surface area contributed by atoms with Gasteiger partial charge in [0.1, 0.15) is 6.10 Å². The van der Waals surface area contributed by atoms with Gasteiger partial charge in [0.2, 0.25) is 0 Å². The first-order chi connectivity index (χ1) is 11.7. The highest BCUT2D eigenvalue weighted by Gasteiger charge is 2.31. The van der Waals surface area contributed by atoms with E-state index in [0.717, 1.165) is 11.1 Å². The molecule has 1 saturated heterocycles. The van der Waals surface area contributed by atoms with Crippen molar-refractivity contribution >= 4 is 0 Å². The third-order valence-corrected chi connectivity index (χ3v) is 4.91. The fourth-order valence-electron chi connectivity index (χ4n) is 3.68. The largest absolute Gasteiger partial charge is 0.394 e. The summed E-state index contributed by atoms with van der Waals surface area (Å²) in [7, 11) is 0. The molecule has 4 atom stereocenters. The molecule has 0 amide bonds. The first-order valence-corrected chi connectivity index (χ1v) is 8.48. The van der Waals surface area contributed by atoms with Crippen LogP contribution in [-0.2, 0) is 16.1 Å². The Morgan fingerprint density at radius 3 is 2.62 bits per heavy atom. The van der Waals surface area contributed by atoms with Gasteiger partial charge in [-0.05, 0) is 28.3 Å². The van der Waals surface area contributed by atoms with Crippen LogP contribution in [0.2, 0.25) is 0 Å². The van der Waals surface area contributed by atoms with Crippen LogP contribution >= 0.6 is 0 Å². The summed E-state index contributed by atoms with van der Waals surface area (Å²) < 4.78 is 11.9. The summed E-state index contributed by atoms with van der Waals surface area (Å²) >= 11 is 0. The lowest BCUT2D eigenvalue weighted by atomic mass is 9.92. The normalized spacial score (nSPS) is 29.4. The molecule has 4 heteroatoms. The molecule has 1 fully saturated rings. The fraction of sp³-hybridized carbons (Fsp3) is 0.400. The molecule has 0 bridgehead atoms. The lowest BCUT2D eigenvalue weighted by molar-refractivity contribution is -0.113. The summed E-state index contributed by atoms with van der Waals surface area (Å²) in [5.74, 6) is 0. The molecular weight excluding hydrogens is 304 g/mol. The van der Waals surface area contributed by atoms with Gasteiger partial charge in [0.05, 0.1) is 31.5 Å². The highest BCUT2D eigenvalue weighted by atomic mass is 16.5. The first-order valence-electron chi connectivity index (χ1n) is 8.48. The summed E-state index contributed by atoms with van der Waals surface area (Å²) in [6, 6.07) is 16.5. The van der Waals surface area contributed by atoms with Gasteiger partial charge in [0.25, 0.3) is 0 Å². The number of rotatable bonds is 3. The number of aliphatic hydroxyl groups excluding tert-OH is 2. The van der Waals surface area contributed by atoms with E-state index in [1.807, 2.05) is 24.3 Å². The Labute approximate surface area is 141 Å². The molecule has 2 heterocycles. The average Bonchev–Trinajstić information content (AvgIpc) is 3.05. The van der Waals surface area contributed by atoms with E-state index in [1.54, 1.807) is 0 Å². The topological polar surface area (TPSA) is 58.9 Å². The van der Waals surface area contributed by atoms with Gasteiger partial charge < -0.3 is 19.7 Å². The van der Waals surface area contributed by atoms with Crippen LogP contribution in [0.1, 0.15) is 47.3 Å². The third kappa shape index (κ3) is 2.98. The Morgan fingerprint density at radius 2 is 1.83 bits per heavy atom. The maximum Gasteiger partial charge on any atom is 0.108 e. The predicted octanol–water partition coefficient (Wildman–Crippen LogP) is 2.88. The van der Waals surface area contributed by atoms with Gasteiger partial charge in [-0.15, -0.1) is 0 Å². The second-order valence-electron chi connectivity index (χ2n) is 6.61. The monoisotopic (exact) mass is 326 g/mol. The Bertz CT molecular complexity index is 700. The molecule has 2 N–H and O–H groups in total. The van der Waals surface area contributed by atoms with Crippen LogP contribution in [0.25, 0.3) is 0 Å². The summed E-state index contributed by atoms with van der Waals surface area (Å²) in [6.07, 6.45) is 0.0832. The molecule has 2 aliphatic heterocycles. The van der Waals surface area contributed by atoms with E-state index in [2.05, 4.69) is 24.3 Å². The van der Waals surface area contributed by atoms with Crippen LogP contribution < -0.4 is 0 Å². The molecule has 126 valence electrons. The molecule has 0 saturated carbocycles. The number of fused-ring (bicyclic) bond motifs is 1. The second kappa shape index (κ2) is 6.65. The Morgan fingerprint density at radius 1 is 1.00 bits per heavy atom. The zero-order chi connectivity index (χ0) is 16.5. The standard InChI is InChI=1S/C20H22O4/c21-11-17-9-16(22)10-19(24-17)14-6-7-15-12-23-20(18(15)8-14)13-4-2-1-3-5-13/h1-8,16-17,19-22H,9-12H2. The van der Waals surface area contributed by atoms with Crippen molar-refractivity contribution in [3.63, 3.8) is 0 Å². The Kier molecular flexibility index (Phi) is 4.37. The number of benzene rings is 2. The smallest absolute Gasteiger partial charge is 0.108 e. The molecule has 0 aliphatic carbocycles. The van der Waals surface area contributed by atoms with Gasteiger partial charge >= 0.3 is 0 Å². The summed E-state index contributed by atoms with van der Waals surface area (Å²) in [4.78, 5) is 0. The highest BCUT2D eigenvalue weighted by molar-refractivity contribution is 5.41. The number of hydrogen-bond donors (Lipinski definition) is 2. The fourth-order valence-corrected chi connectivity index (χ4v) is 3.68. The lowest BCUT2D eigenvalue weighted by Gasteiger charge is -2.32. The van der Waals surface area contributed by atoms with E-state index in [0.29, 0.717) is 19.4 Å². The molecule has 0 aromatic heterocycles. The van der Waals surface area contributed by atoms with Gasteiger partial charge in [-0.1, -0.05) is 42.5 Å². The van der Waals surface area contributed by atoms with Crippen LogP contribution in [0, 0.1) is 0 Å². The van der Waals surface area contributed by atoms with Gasteiger partial charge in [-0.2, -0.15) is 0 Å². The van der Waals surface area contributed by atoms with E-state index >= 15 is 0 Å². The van der Waals surface area contributed by atoms with Crippen molar-refractivity contribution in [2.24, 2.45) is 0 Å². The maximum atomic E-state index is 10.1. The van der Waals surface area contributed by atoms with Crippen LogP contribution in [0.3, 0.4) is 0 Å². The van der Waals surface area contributed by atoms with Crippen LogP contribution in [0.4, 0.5) is 0 Å². The average molecular weight is 326 g/mol. The summed E-state index contributed by atoms with van der Waals surface area (Å²) in [6.45, 7) is 0.552. The molecule has 2 aliphatic rings. The molecule has 4 nitrogen and oxygen atoms in total. The Hall–Kier alpha value is -1.72. The van der Waals surface area contributed by atoms with Crippen molar-refractivity contribution < 1.29 is 19.7 Å². The minimum Gasteiger partial charge on any atom is -0.394 e. The van der Waals surface area contributed by atoms with E-state index in [-0.39, 0.29) is 24.9 Å². The van der Waals surface area contributed by atoms with Crippen LogP contribution in [0.15, 0.2) is 48.5 Å². The lowest BCUT2D eigenvalue weighted by Crippen LogP contribution is -2.33. The van der Waals surface area contributed by atoms with Crippen molar-refractivity contribution in [1.82, 2.24) is 0 Å². The minimum absolute atomic E-state index is 0.0525. The molecule has 4 rings (SSSR count). The Balaban J connectivity index is 1.63. The van der Waals surface area contributed by atoms with Crippen molar-refractivity contribution in [3.8, 4) is 0 Å². The zero-order valence-corrected chi connectivity index (χ0v) is 13.5. The highest BCUT2D eigenvalue weighted by Crippen LogP contribution is 2.39. The van der Waals surface area contributed by atoms with E-state index in [4.69, 9.17) is 9.47 Å². The summed E-state index contributed by atoms with van der Waals surface area (Å²) in [5, 5.41) is 19.4. The van der Waals surface area contributed by atoms with Gasteiger partial charge in [-0.3, -0.25) is 0 Å². The van der Waals surface area contributed by atoms with Crippen molar-refractivity contribution in [2.45, 2.75) is 43.9 Å². The molecular formula is C20H22O4. The van der Waals surface area contributed by atoms with Gasteiger partial charge in [0, 0.05) is 12.8 Å².